The van der Waals surface area contributed by atoms with Crippen LogP contribution in [0.2, 0.25) is 10.0 Å². The van der Waals surface area contributed by atoms with Gasteiger partial charge in [0.1, 0.15) is 18.0 Å². The highest BCUT2D eigenvalue weighted by molar-refractivity contribution is 6.43. The zero-order valence-electron chi connectivity index (χ0n) is 13.5. The monoisotopic (exact) mass is 380 g/mol. The summed E-state index contributed by atoms with van der Waals surface area (Å²) in [5, 5.41) is 4.17. The average molecular weight is 381 g/mol. The number of benzene rings is 1. The van der Waals surface area contributed by atoms with E-state index < -0.39 is 0 Å². The van der Waals surface area contributed by atoms with Crippen molar-refractivity contribution in [1.29, 1.82) is 0 Å². The van der Waals surface area contributed by atoms with E-state index in [-0.39, 0.29) is 5.79 Å². The van der Waals surface area contributed by atoms with Crippen molar-refractivity contribution < 1.29 is 9.47 Å². The fourth-order valence-corrected chi connectivity index (χ4v) is 3.54. The van der Waals surface area contributed by atoms with Gasteiger partial charge in [0.25, 0.3) is 0 Å². The fourth-order valence-electron chi connectivity index (χ4n) is 3.19. The van der Waals surface area contributed by atoms with Gasteiger partial charge in [-0.3, -0.25) is 0 Å². The van der Waals surface area contributed by atoms with Crippen LogP contribution in [0.1, 0.15) is 12.8 Å². The number of hydrogen-bond donors (Lipinski definition) is 1. The molecule has 3 heterocycles. The summed E-state index contributed by atoms with van der Waals surface area (Å²) in [5.74, 6) is 1.14. The van der Waals surface area contributed by atoms with Gasteiger partial charge in [-0.25, -0.2) is 9.97 Å². The van der Waals surface area contributed by atoms with Crippen molar-refractivity contribution in [2.45, 2.75) is 18.6 Å². The number of aromatic nitrogens is 2. The number of anilines is 3. The molecule has 132 valence electrons. The Hall–Kier alpha value is -1.60. The second-order valence-corrected chi connectivity index (χ2v) is 6.87. The molecule has 0 atom stereocenters. The highest BCUT2D eigenvalue weighted by Crippen LogP contribution is 2.34. The van der Waals surface area contributed by atoms with Gasteiger partial charge >= 0.3 is 0 Å². The van der Waals surface area contributed by atoms with Gasteiger partial charge in [-0.1, -0.05) is 29.3 Å². The van der Waals surface area contributed by atoms with Crippen LogP contribution in [0.15, 0.2) is 30.6 Å². The van der Waals surface area contributed by atoms with Crippen LogP contribution >= 0.6 is 23.2 Å². The lowest BCUT2D eigenvalue weighted by molar-refractivity contribution is -0.169. The summed E-state index contributed by atoms with van der Waals surface area (Å²) in [4.78, 5) is 10.9. The molecule has 0 saturated carbocycles. The van der Waals surface area contributed by atoms with Crippen molar-refractivity contribution in [2.24, 2.45) is 0 Å². The van der Waals surface area contributed by atoms with Crippen LogP contribution in [0.5, 0.6) is 0 Å². The summed E-state index contributed by atoms with van der Waals surface area (Å²) < 4.78 is 11.5. The summed E-state index contributed by atoms with van der Waals surface area (Å²) in [5.41, 5.74) is 0.712. The van der Waals surface area contributed by atoms with Crippen LogP contribution in [0.3, 0.4) is 0 Å². The standard InChI is InChI=1S/C17H18Cl2N4O2/c18-12-2-1-3-13(16(12)19)22-14-10-15(21-11-20-14)23-6-4-17(5-7-23)24-8-9-25-17/h1-3,10-11H,4-9H2,(H,20,21,22). The zero-order chi connectivity index (χ0) is 17.3. The van der Waals surface area contributed by atoms with Gasteiger partial charge in [0.15, 0.2) is 5.79 Å². The van der Waals surface area contributed by atoms with Gasteiger partial charge in [-0.15, -0.1) is 0 Å². The maximum Gasteiger partial charge on any atom is 0.171 e. The molecular formula is C17H18Cl2N4O2. The minimum Gasteiger partial charge on any atom is -0.356 e. The van der Waals surface area contributed by atoms with E-state index in [2.05, 4.69) is 20.2 Å². The first kappa shape index (κ1) is 16.8. The molecule has 0 unspecified atom stereocenters. The molecule has 25 heavy (non-hydrogen) atoms. The summed E-state index contributed by atoms with van der Waals surface area (Å²) in [7, 11) is 0. The van der Waals surface area contributed by atoms with Gasteiger partial charge in [0, 0.05) is 32.0 Å². The lowest BCUT2D eigenvalue weighted by atomic mass is 10.0. The lowest BCUT2D eigenvalue weighted by Crippen LogP contribution is -2.45. The molecule has 8 heteroatoms. The molecule has 1 aromatic carbocycles. The number of piperidine rings is 1. The molecule has 1 N–H and O–H groups in total. The molecule has 0 aliphatic carbocycles. The van der Waals surface area contributed by atoms with Gasteiger partial charge in [-0.05, 0) is 12.1 Å². The Morgan fingerprint density at radius 2 is 1.84 bits per heavy atom. The van der Waals surface area contributed by atoms with Gasteiger partial charge in [0.2, 0.25) is 0 Å². The number of ether oxygens (including phenoxy) is 2. The quantitative estimate of drug-likeness (QED) is 0.871. The Morgan fingerprint density at radius 3 is 2.60 bits per heavy atom. The Kier molecular flexibility index (Phi) is 4.69. The number of nitrogens with zero attached hydrogens (tertiary/aromatic N) is 3. The second kappa shape index (κ2) is 6.96. The van der Waals surface area contributed by atoms with Crippen LogP contribution in [-0.2, 0) is 9.47 Å². The third-order valence-electron chi connectivity index (χ3n) is 4.53. The third-order valence-corrected chi connectivity index (χ3v) is 5.35. The van der Waals surface area contributed by atoms with Crippen molar-refractivity contribution >= 4 is 40.5 Å². The first-order valence-corrected chi connectivity index (χ1v) is 8.97. The molecular weight excluding hydrogens is 363 g/mol. The fraction of sp³-hybridized carbons (Fsp3) is 0.412. The van der Waals surface area contributed by atoms with E-state index in [1.807, 2.05) is 18.2 Å². The lowest BCUT2D eigenvalue weighted by Gasteiger charge is -2.38. The average Bonchev–Trinajstić information content (AvgIpc) is 3.08. The topological polar surface area (TPSA) is 59.5 Å². The highest BCUT2D eigenvalue weighted by atomic mass is 35.5. The Bertz CT molecular complexity index is 758. The smallest absolute Gasteiger partial charge is 0.171 e. The van der Waals surface area contributed by atoms with Crippen molar-refractivity contribution in [1.82, 2.24) is 9.97 Å². The van der Waals surface area contributed by atoms with Gasteiger partial charge in [0.05, 0.1) is 28.9 Å². The van der Waals surface area contributed by atoms with E-state index in [4.69, 9.17) is 32.7 Å². The maximum atomic E-state index is 6.22. The summed E-state index contributed by atoms with van der Waals surface area (Å²) >= 11 is 12.3. The first-order valence-electron chi connectivity index (χ1n) is 8.21. The van der Waals surface area contributed by atoms with Crippen LogP contribution < -0.4 is 10.2 Å². The number of hydrogen-bond acceptors (Lipinski definition) is 6. The van der Waals surface area contributed by atoms with Crippen LogP contribution in [0.4, 0.5) is 17.3 Å². The third kappa shape index (κ3) is 3.53. The van der Waals surface area contributed by atoms with Crippen molar-refractivity contribution in [3.05, 3.63) is 40.6 Å². The summed E-state index contributed by atoms with van der Waals surface area (Å²) in [6.07, 6.45) is 3.21. The molecule has 0 radical (unpaired) electrons. The molecule has 0 amide bonds. The van der Waals surface area contributed by atoms with E-state index in [0.717, 1.165) is 31.7 Å². The molecule has 6 nitrogen and oxygen atoms in total. The van der Waals surface area contributed by atoms with E-state index in [0.29, 0.717) is 34.8 Å². The largest absolute Gasteiger partial charge is 0.356 e. The summed E-state index contributed by atoms with van der Waals surface area (Å²) in [6, 6.07) is 7.35. The molecule has 1 spiro atoms. The number of nitrogens with one attached hydrogen (secondary N) is 1. The predicted molar refractivity (Wildman–Crippen MR) is 97.9 cm³/mol. The number of halogens is 2. The van der Waals surface area contributed by atoms with Gasteiger partial charge in [-0.2, -0.15) is 0 Å². The van der Waals surface area contributed by atoms with Crippen molar-refractivity contribution in [3.8, 4) is 0 Å². The van der Waals surface area contributed by atoms with E-state index >= 15 is 0 Å². The van der Waals surface area contributed by atoms with Crippen LogP contribution in [0, 0.1) is 0 Å². The second-order valence-electron chi connectivity index (χ2n) is 6.08. The van der Waals surface area contributed by atoms with Gasteiger partial charge < -0.3 is 19.7 Å². The molecule has 0 bridgehead atoms. The normalized spacial score (nSPS) is 19.4. The summed E-state index contributed by atoms with van der Waals surface area (Å²) in [6.45, 7) is 3.02. The van der Waals surface area contributed by atoms with Crippen LogP contribution in [-0.4, -0.2) is 42.1 Å². The Morgan fingerprint density at radius 1 is 1.08 bits per heavy atom. The predicted octanol–water partition coefficient (Wildman–Crippen LogP) is 3.87. The molecule has 2 fully saturated rings. The molecule has 2 aliphatic heterocycles. The molecule has 2 aliphatic rings. The minimum atomic E-state index is -0.390. The van der Waals surface area contributed by atoms with Crippen molar-refractivity contribution in [2.75, 3.05) is 36.5 Å². The first-order chi connectivity index (χ1) is 12.2. The van der Waals surface area contributed by atoms with Crippen molar-refractivity contribution in [3.63, 3.8) is 0 Å². The van der Waals surface area contributed by atoms with E-state index in [1.165, 1.54) is 0 Å². The Balaban J connectivity index is 1.47. The molecule has 1 aromatic heterocycles. The van der Waals surface area contributed by atoms with E-state index in [9.17, 15) is 0 Å². The highest BCUT2D eigenvalue weighted by Gasteiger charge is 2.40. The number of rotatable bonds is 3. The minimum absolute atomic E-state index is 0.390. The SMILES string of the molecule is Clc1cccc(Nc2cc(N3CCC4(CC3)OCCO4)ncn2)c1Cl. The molecule has 2 aromatic rings. The van der Waals surface area contributed by atoms with Crippen LogP contribution in [0.25, 0.3) is 0 Å². The maximum absolute atomic E-state index is 6.22. The molecule has 2 saturated heterocycles. The zero-order valence-corrected chi connectivity index (χ0v) is 15.1. The molecule has 4 rings (SSSR count). The Labute approximate surface area is 156 Å². The van der Waals surface area contributed by atoms with E-state index in [1.54, 1.807) is 12.4 Å².